The number of hydrogen-bond acceptors (Lipinski definition) is 2. The van der Waals surface area contributed by atoms with Crippen molar-refractivity contribution in [3.8, 4) is 0 Å². The standard InChI is InChI=1S/C15H11ClFNO3/c16-10-7-4-8-11(17)12(10)14(19)18-13(15(20)21)9-5-2-1-3-6-9/h1-8,13H,(H,18,19)(H,20,21)/t13-/m1/s1. The molecule has 21 heavy (non-hydrogen) atoms. The molecule has 0 radical (unpaired) electrons. The summed E-state index contributed by atoms with van der Waals surface area (Å²) >= 11 is 5.79. The highest BCUT2D eigenvalue weighted by Gasteiger charge is 2.25. The van der Waals surface area contributed by atoms with E-state index in [2.05, 4.69) is 5.32 Å². The number of nitrogens with one attached hydrogen (secondary N) is 1. The van der Waals surface area contributed by atoms with E-state index in [1.54, 1.807) is 30.3 Å². The first-order valence-corrected chi connectivity index (χ1v) is 6.41. The van der Waals surface area contributed by atoms with Gasteiger partial charge < -0.3 is 10.4 Å². The molecule has 0 aliphatic rings. The summed E-state index contributed by atoms with van der Waals surface area (Å²) in [5.41, 5.74) is 0.00663. The van der Waals surface area contributed by atoms with E-state index in [-0.39, 0.29) is 10.6 Å². The van der Waals surface area contributed by atoms with Crippen LogP contribution in [0.15, 0.2) is 48.5 Å². The van der Waals surface area contributed by atoms with Crippen LogP contribution in [0.4, 0.5) is 4.39 Å². The van der Waals surface area contributed by atoms with Gasteiger partial charge in [0.1, 0.15) is 5.82 Å². The van der Waals surface area contributed by atoms with Gasteiger partial charge in [-0.2, -0.15) is 0 Å². The number of halogens is 2. The number of carboxylic acids is 1. The summed E-state index contributed by atoms with van der Waals surface area (Å²) in [5.74, 6) is -2.94. The lowest BCUT2D eigenvalue weighted by atomic mass is 10.1. The minimum Gasteiger partial charge on any atom is -0.479 e. The first kappa shape index (κ1) is 15.0. The average molecular weight is 308 g/mol. The van der Waals surface area contributed by atoms with Crippen LogP contribution in [0.25, 0.3) is 0 Å². The predicted octanol–water partition coefficient (Wildman–Crippen LogP) is 3.03. The topological polar surface area (TPSA) is 66.4 Å². The third kappa shape index (κ3) is 3.38. The second kappa shape index (κ2) is 6.37. The van der Waals surface area contributed by atoms with E-state index >= 15 is 0 Å². The summed E-state index contributed by atoms with van der Waals surface area (Å²) in [6.07, 6.45) is 0. The number of carbonyl (C=O) groups excluding carboxylic acids is 1. The zero-order chi connectivity index (χ0) is 15.4. The minimum absolute atomic E-state index is 0.0790. The van der Waals surface area contributed by atoms with Crippen molar-refractivity contribution in [1.82, 2.24) is 5.32 Å². The van der Waals surface area contributed by atoms with Gasteiger partial charge in [0.15, 0.2) is 6.04 Å². The van der Waals surface area contributed by atoms with Gasteiger partial charge >= 0.3 is 5.97 Å². The molecule has 0 spiro atoms. The summed E-state index contributed by atoms with van der Waals surface area (Å²) < 4.78 is 13.7. The van der Waals surface area contributed by atoms with Crippen molar-refractivity contribution in [1.29, 1.82) is 0 Å². The van der Waals surface area contributed by atoms with E-state index in [4.69, 9.17) is 11.6 Å². The summed E-state index contributed by atoms with van der Waals surface area (Å²) in [5, 5.41) is 11.4. The molecule has 4 nitrogen and oxygen atoms in total. The molecule has 2 aromatic carbocycles. The molecule has 2 rings (SSSR count). The molecule has 0 aliphatic heterocycles. The number of benzene rings is 2. The maximum atomic E-state index is 13.7. The zero-order valence-electron chi connectivity index (χ0n) is 10.7. The number of hydrogen-bond donors (Lipinski definition) is 2. The van der Waals surface area contributed by atoms with Crippen molar-refractivity contribution in [2.75, 3.05) is 0 Å². The van der Waals surface area contributed by atoms with Crippen LogP contribution in [0.5, 0.6) is 0 Å². The molecule has 0 aromatic heterocycles. The smallest absolute Gasteiger partial charge is 0.330 e. The van der Waals surface area contributed by atoms with E-state index in [1.165, 1.54) is 12.1 Å². The maximum absolute atomic E-state index is 13.7. The Bertz CT molecular complexity index is 656. The fourth-order valence-corrected chi connectivity index (χ4v) is 2.10. The molecule has 0 saturated heterocycles. The van der Waals surface area contributed by atoms with Crippen LogP contribution < -0.4 is 5.32 Å². The lowest BCUT2D eigenvalue weighted by molar-refractivity contribution is -0.139. The summed E-state index contributed by atoms with van der Waals surface area (Å²) in [4.78, 5) is 23.4. The van der Waals surface area contributed by atoms with Crippen molar-refractivity contribution >= 4 is 23.5 Å². The molecule has 0 heterocycles. The van der Waals surface area contributed by atoms with Crippen LogP contribution in [-0.2, 0) is 4.79 Å². The lowest BCUT2D eigenvalue weighted by Gasteiger charge is -2.15. The van der Waals surface area contributed by atoms with Gasteiger partial charge in [0.25, 0.3) is 5.91 Å². The number of amides is 1. The van der Waals surface area contributed by atoms with Gasteiger partial charge in [-0.05, 0) is 17.7 Å². The molecule has 1 atom stereocenters. The Labute approximate surface area is 125 Å². The maximum Gasteiger partial charge on any atom is 0.330 e. The van der Waals surface area contributed by atoms with Gasteiger partial charge in [0, 0.05) is 0 Å². The van der Waals surface area contributed by atoms with E-state index in [0.717, 1.165) is 6.07 Å². The van der Waals surface area contributed by atoms with Crippen LogP contribution in [0.1, 0.15) is 22.0 Å². The van der Waals surface area contributed by atoms with Gasteiger partial charge in [0.2, 0.25) is 0 Å². The quantitative estimate of drug-likeness (QED) is 0.912. The molecule has 0 bridgehead atoms. The van der Waals surface area contributed by atoms with Gasteiger partial charge in [-0.15, -0.1) is 0 Å². The monoisotopic (exact) mass is 307 g/mol. The fraction of sp³-hybridized carbons (Fsp3) is 0.0667. The number of carboxylic acid groups (broad SMARTS) is 1. The molecule has 2 aromatic rings. The molecule has 108 valence electrons. The molecular weight excluding hydrogens is 297 g/mol. The Morgan fingerprint density at radius 1 is 1.10 bits per heavy atom. The van der Waals surface area contributed by atoms with Crippen LogP contribution >= 0.6 is 11.6 Å². The van der Waals surface area contributed by atoms with Crippen molar-refractivity contribution in [2.45, 2.75) is 6.04 Å². The highest BCUT2D eigenvalue weighted by atomic mass is 35.5. The Balaban J connectivity index is 2.30. The van der Waals surface area contributed by atoms with Crippen molar-refractivity contribution in [3.63, 3.8) is 0 Å². The van der Waals surface area contributed by atoms with Crippen LogP contribution in [0.2, 0.25) is 5.02 Å². The Kier molecular flexibility index (Phi) is 4.55. The van der Waals surface area contributed by atoms with Crippen molar-refractivity contribution < 1.29 is 19.1 Å². The molecule has 1 amide bonds. The van der Waals surface area contributed by atoms with E-state index < -0.39 is 23.7 Å². The van der Waals surface area contributed by atoms with E-state index in [9.17, 15) is 19.1 Å². The first-order valence-electron chi connectivity index (χ1n) is 6.03. The number of rotatable bonds is 4. The number of carbonyl (C=O) groups is 2. The summed E-state index contributed by atoms with van der Waals surface area (Å²) in [7, 11) is 0. The van der Waals surface area contributed by atoms with Crippen LogP contribution in [-0.4, -0.2) is 17.0 Å². The molecule has 0 saturated carbocycles. The molecular formula is C15H11ClFNO3. The van der Waals surface area contributed by atoms with Gasteiger partial charge in [-0.3, -0.25) is 4.79 Å². The van der Waals surface area contributed by atoms with Crippen LogP contribution in [0.3, 0.4) is 0 Å². The molecule has 0 aliphatic carbocycles. The van der Waals surface area contributed by atoms with Crippen molar-refractivity contribution in [3.05, 3.63) is 70.5 Å². The zero-order valence-corrected chi connectivity index (χ0v) is 11.5. The number of aliphatic carboxylic acids is 1. The Hall–Kier alpha value is -2.40. The SMILES string of the molecule is O=C(N[C@@H](C(=O)O)c1ccccc1)c1c(F)cccc1Cl. The fourth-order valence-electron chi connectivity index (χ4n) is 1.85. The predicted molar refractivity (Wildman–Crippen MR) is 75.7 cm³/mol. The highest BCUT2D eigenvalue weighted by molar-refractivity contribution is 6.33. The average Bonchev–Trinajstić information content (AvgIpc) is 2.45. The van der Waals surface area contributed by atoms with Gasteiger partial charge in [0.05, 0.1) is 10.6 Å². The molecule has 0 unspecified atom stereocenters. The van der Waals surface area contributed by atoms with E-state index in [1.807, 2.05) is 0 Å². The molecule has 2 N–H and O–H groups in total. The lowest BCUT2D eigenvalue weighted by Crippen LogP contribution is -2.34. The second-order valence-electron chi connectivity index (χ2n) is 4.25. The summed E-state index contributed by atoms with van der Waals surface area (Å²) in [6, 6.07) is 10.6. The Morgan fingerprint density at radius 3 is 2.33 bits per heavy atom. The third-order valence-corrected chi connectivity index (χ3v) is 3.16. The van der Waals surface area contributed by atoms with E-state index in [0.29, 0.717) is 5.56 Å². The van der Waals surface area contributed by atoms with Gasteiger partial charge in [-0.1, -0.05) is 48.0 Å². The van der Waals surface area contributed by atoms with Crippen molar-refractivity contribution in [2.24, 2.45) is 0 Å². The molecule has 0 fully saturated rings. The summed E-state index contributed by atoms with van der Waals surface area (Å²) in [6.45, 7) is 0. The Morgan fingerprint density at radius 2 is 1.76 bits per heavy atom. The first-order chi connectivity index (χ1) is 10.0. The van der Waals surface area contributed by atoms with Gasteiger partial charge in [-0.25, -0.2) is 9.18 Å². The molecule has 6 heteroatoms. The van der Waals surface area contributed by atoms with Crippen LogP contribution in [0, 0.1) is 5.82 Å². The normalized spacial score (nSPS) is 11.7. The minimum atomic E-state index is -1.28. The largest absolute Gasteiger partial charge is 0.479 e. The third-order valence-electron chi connectivity index (χ3n) is 2.85. The highest BCUT2D eigenvalue weighted by Crippen LogP contribution is 2.20. The second-order valence-corrected chi connectivity index (χ2v) is 4.66.